The molecule has 5 nitrogen and oxygen atoms in total. The summed E-state index contributed by atoms with van der Waals surface area (Å²) >= 11 is 0. The molecule has 3 aromatic rings. The van der Waals surface area contributed by atoms with E-state index in [0.29, 0.717) is 37.0 Å². The summed E-state index contributed by atoms with van der Waals surface area (Å²) in [5, 5.41) is 2.94. The number of ether oxygens (including phenoxy) is 2. The van der Waals surface area contributed by atoms with Crippen LogP contribution in [0.2, 0.25) is 0 Å². The Kier molecular flexibility index (Phi) is 7.22. The number of nitrogens with zero attached hydrogens (tertiary/aromatic N) is 1. The number of aromatic nitrogens is 1. The van der Waals surface area contributed by atoms with Gasteiger partial charge in [0, 0.05) is 30.1 Å². The summed E-state index contributed by atoms with van der Waals surface area (Å²) in [5.74, 6) is 1.79. The van der Waals surface area contributed by atoms with Crippen molar-refractivity contribution in [2.24, 2.45) is 5.92 Å². The molecule has 5 heteroatoms. The highest BCUT2D eigenvalue weighted by atomic mass is 16.5. The van der Waals surface area contributed by atoms with E-state index >= 15 is 0 Å². The summed E-state index contributed by atoms with van der Waals surface area (Å²) in [5.41, 5.74) is 2.60. The van der Waals surface area contributed by atoms with E-state index in [4.69, 9.17) is 9.47 Å². The fourth-order valence-electron chi connectivity index (χ4n) is 2.63. The number of benzene rings is 2. The second-order valence-electron chi connectivity index (χ2n) is 7.21. The van der Waals surface area contributed by atoms with Crippen LogP contribution in [0.4, 0.5) is 0 Å². The van der Waals surface area contributed by atoms with Crippen LogP contribution in [0.15, 0.2) is 73.1 Å². The van der Waals surface area contributed by atoms with Crippen molar-refractivity contribution in [3.63, 3.8) is 0 Å². The molecule has 0 fully saturated rings. The first-order valence-corrected chi connectivity index (χ1v) is 9.72. The normalized spacial score (nSPS) is 10.6. The Morgan fingerprint density at radius 2 is 1.79 bits per heavy atom. The third-order valence-corrected chi connectivity index (χ3v) is 4.18. The Labute approximate surface area is 171 Å². The predicted molar refractivity (Wildman–Crippen MR) is 113 cm³/mol. The van der Waals surface area contributed by atoms with Gasteiger partial charge in [-0.05, 0) is 47.9 Å². The van der Waals surface area contributed by atoms with E-state index in [0.717, 1.165) is 16.9 Å². The minimum Gasteiger partial charge on any atom is -0.493 e. The lowest BCUT2D eigenvalue weighted by Gasteiger charge is -2.11. The summed E-state index contributed by atoms with van der Waals surface area (Å²) in [7, 11) is 0. The van der Waals surface area contributed by atoms with Crippen LogP contribution < -0.4 is 14.8 Å². The summed E-state index contributed by atoms with van der Waals surface area (Å²) < 4.78 is 11.4. The largest absolute Gasteiger partial charge is 0.493 e. The quantitative estimate of drug-likeness (QED) is 0.579. The summed E-state index contributed by atoms with van der Waals surface area (Å²) in [4.78, 5) is 16.5. The van der Waals surface area contributed by atoms with E-state index in [-0.39, 0.29) is 5.91 Å². The molecule has 0 saturated heterocycles. The number of pyridine rings is 1. The molecule has 1 heterocycles. The molecule has 0 bridgehead atoms. The maximum atomic E-state index is 12.4. The van der Waals surface area contributed by atoms with Gasteiger partial charge in [0.2, 0.25) is 0 Å². The molecule has 1 N–H and O–H groups in total. The van der Waals surface area contributed by atoms with Gasteiger partial charge in [-0.1, -0.05) is 38.1 Å². The Balaban J connectivity index is 1.49. The van der Waals surface area contributed by atoms with E-state index in [1.807, 2.05) is 48.5 Å². The monoisotopic (exact) mass is 390 g/mol. The SMILES string of the molecule is CC(C)COc1cccc(C(=O)NCc2ccc(OCc3cccnc3)cc2)c1. The average molecular weight is 390 g/mol. The lowest BCUT2D eigenvalue weighted by molar-refractivity contribution is 0.0950. The highest BCUT2D eigenvalue weighted by Gasteiger charge is 2.07. The number of carbonyl (C=O) groups excluding carboxylic acids is 1. The Morgan fingerprint density at radius 3 is 2.52 bits per heavy atom. The van der Waals surface area contributed by atoms with E-state index < -0.39 is 0 Å². The minimum atomic E-state index is -0.128. The molecule has 1 amide bonds. The van der Waals surface area contributed by atoms with Crippen LogP contribution in [-0.2, 0) is 13.2 Å². The number of hydrogen-bond donors (Lipinski definition) is 1. The van der Waals surface area contributed by atoms with Crippen LogP contribution in [-0.4, -0.2) is 17.5 Å². The Hall–Kier alpha value is -3.34. The van der Waals surface area contributed by atoms with Crippen LogP contribution >= 0.6 is 0 Å². The van der Waals surface area contributed by atoms with Gasteiger partial charge >= 0.3 is 0 Å². The standard InChI is InChI=1S/C24H26N2O3/c1-18(2)16-28-23-7-3-6-21(13-23)24(27)26-15-19-8-10-22(11-9-19)29-17-20-5-4-12-25-14-20/h3-14,18H,15-17H2,1-2H3,(H,26,27). The van der Waals surface area contributed by atoms with Gasteiger partial charge in [0.15, 0.2) is 0 Å². The Bertz CT molecular complexity index is 909. The van der Waals surface area contributed by atoms with E-state index in [2.05, 4.69) is 24.1 Å². The first-order valence-electron chi connectivity index (χ1n) is 9.72. The highest BCUT2D eigenvalue weighted by Crippen LogP contribution is 2.16. The van der Waals surface area contributed by atoms with Gasteiger partial charge in [-0.3, -0.25) is 9.78 Å². The zero-order chi connectivity index (χ0) is 20.5. The fourth-order valence-corrected chi connectivity index (χ4v) is 2.63. The lowest BCUT2D eigenvalue weighted by atomic mass is 10.1. The first-order chi connectivity index (χ1) is 14.1. The van der Waals surface area contributed by atoms with Crippen LogP contribution in [0, 0.1) is 5.92 Å². The number of amides is 1. The van der Waals surface area contributed by atoms with Crippen LogP contribution in [0.1, 0.15) is 35.3 Å². The second kappa shape index (κ2) is 10.3. The zero-order valence-corrected chi connectivity index (χ0v) is 16.8. The third kappa shape index (κ3) is 6.64. The summed E-state index contributed by atoms with van der Waals surface area (Å²) in [6.07, 6.45) is 3.52. The second-order valence-corrected chi connectivity index (χ2v) is 7.21. The van der Waals surface area contributed by atoms with Gasteiger partial charge < -0.3 is 14.8 Å². The van der Waals surface area contributed by atoms with Gasteiger partial charge in [0.1, 0.15) is 18.1 Å². The highest BCUT2D eigenvalue weighted by molar-refractivity contribution is 5.94. The molecule has 0 spiro atoms. The molecular formula is C24H26N2O3. The summed E-state index contributed by atoms with van der Waals surface area (Å²) in [6, 6.07) is 18.8. The number of rotatable bonds is 9. The number of hydrogen-bond acceptors (Lipinski definition) is 4. The molecule has 1 aromatic heterocycles. The molecule has 0 aliphatic carbocycles. The molecule has 0 aliphatic rings. The number of nitrogens with one attached hydrogen (secondary N) is 1. The molecule has 0 unspecified atom stereocenters. The van der Waals surface area contributed by atoms with Crippen molar-refractivity contribution < 1.29 is 14.3 Å². The maximum absolute atomic E-state index is 12.4. The van der Waals surface area contributed by atoms with Crippen molar-refractivity contribution >= 4 is 5.91 Å². The van der Waals surface area contributed by atoms with Crippen LogP contribution in [0.25, 0.3) is 0 Å². The fraction of sp³-hybridized carbons (Fsp3) is 0.250. The van der Waals surface area contributed by atoms with Gasteiger partial charge in [0.25, 0.3) is 5.91 Å². The van der Waals surface area contributed by atoms with Crippen molar-refractivity contribution in [2.75, 3.05) is 6.61 Å². The molecule has 0 aliphatic heterocycles. The van der Waals surface area contributed by atoms with Crippen molar-refractivity contribution in [1.29, 1.82) is 0 Å². The van der Waals surface area contributed by atoms with E-state index in [1.165, 1.54) is 0 Å². The third-order valence-electron chi connectivity index (χ3n) is 4.18. The molecule has 2 aromatic carbocycles. The van der Waals surface area contributed by atoms with Crippen molar-refractivity contribution in [3.8, 4) is 11.5 Å². The van der Waals surface area contributed by atoms with Gasteiger partial charge in [-0.2, -0.15) is 0 Å². The molecule has 3 rings (SSSR count). The molecule has 0 atom stereocenters. The van der Waals surface area contributed by atoms with Crippen LogP contribution in [0.5, 0.6) is 11.5 Å². The lowest BCUT2D eigenvalue weighted by Crippen LogP contribution is -2.22. The van der Waals surface area contributed by atoms with Gasteiger partial charge in [-0.25, -0.2) is 0 Å². The maximum Gasteiger partial charge on any atom is 0.251 e. The van der Waals surface area contributed by atoms with Gasteiger partial charge in [-0.15, -0.1) is 0 Å². The van der Waals surface area contributed by atoms with Crippen molar-refractivity contribution in [3.05, 3.63) is 89.7 Å². The predicted octanol–water partition coefficient (Wildman–Crippen LogP) is 4.63. The molecular weight excluding hydrogens is 364 g/mol. The zero-order valence-electron chi connectivity index (χ0n) is 16.8. The van der Waals surface area contributed by atoms with E-state index in [1.54, 1.807) is 24.5 Å². The molecule has 150 valence electrons. The molecule has 0 radical (unpaired) electrons. The molecule has 0 saturated carbocycles. The van der Waals surface area contributed by atoms with Gasteiger partial charge in [0.05, 0.1) is 6.61 Å². The first kappa shape index (κ1) is 20.4. The molecule has 29 heavy (non-hydrogen) atoms. The van der Waals surface area contributed by atoms with Crippen molar-refractivity contribution in [1.82, 2.24) is 10.3 Å². The van der Waals surface area contributed by atoms with E-state index in [9.17, 15) is 4.79 Å². The topological polar surface area (TPSA) is 60.5 Å². The minimum absolute atomic E-state index is 0.128. The average Bonchev–Trinajstić information content (AvgIpc) is 2.76. The van der Waals surface area contributed by atoms with Crippen LogP contribution in [0.3, 0.4) is 0 Å². The smallest absolute Gasteiger partial charge is 0.251 e. The van der Waals surface area contributed by atoms with Crippen molar-refractivity contribution in [2.45, 2.75) is 27.0 Å². The summed E-state index contributed by atoms with van der Waals surface area (Å²) in [6.45, 7) is 5.72. The Morgan fingerprint density at radius 1 is 0.966 bits per heavy atom. The number of carbonyl (C=O) groups is 1.